The van der Waals surface area contributed by atoms with E-state index in [1.807, 2.05) is 36.4 Å². The Morgan fingerprint density at radius 2 is 1.15 bits per heavy atom. The number of hydrogen-bond donors (Lipinski definition) is 0. The van der Waals surface area contributed by atoms with Gasteiger partial charge in [-0.05, 0) is 60.7 Å². The van der Waals surface area contributed by atoms with Gasteiger partial charge in [0.25, 0.3) is 17.7 Å². The summed E-state index contributed by atoms with van der Waals surface area (Å²) in [5.41, 5.74) is 1.66. The minimum atomic E-state index is -0.421. The summed E-state index contributed by atoms with van der Waals surface area (Å²) in [6, 6.07) is 31.7. The lowest BCUT2D eigenvalue weighted by molar-refractivity contribution is 0.0650. The predicted molar refractivity (Wildman–Crippen MR) is 128 cm³/mol. The summed E-state index contributed by atoms with van der Waals surface area (Å²) in [6.45, 7) is -0.209. The second-order valence-corrected chi connectivity index (χ2v) is 7.73. The molecule has 3 amide bonds. The molecule has 0 unspecified atom stereocenters. The topological polar surface area (TPSA) is 66.9 Å². The molecular formula is C28H20N2O4. The van der Waals surface area contributed by atoms with Gasteiger partial charge in [-0.15, -0.1) is 0 Å². The van der Waals surface area contributed by atoms with Crippen molar-refractivity contribution in [1.82, 2.24) is 4.90 Å². The minimum Gasteiger partial charge on any atom is -0.457 e. The molecule has 0 saturated carbocycles. The van der Waals surface area contributed by atoms with E-state index in [1.54, 1.807) is 72.8 Å². The van der Waals surface area contributed by atoms with Crippen LogP contribution >= 0.6 is 0 Å². The van der Waals surface area contributed by atoms with Crippen molar-refractivity contribution >= 4 is 23.4 Å². The molecule has 0 N–H and O–H groups in total. The van der Waals surface area contributed by atoms with E-state index >= 15 is 0 Å². The number of carbonyl (C=O) groups is 3. The number of imide groups is 1. The van der Waals surface area contributed by atoms with E-state index in [2.05, 4.69) is 0 Å². The molecule has 0 spiro atoms. The van der Waals surface area contributed by atoms with Gasteiger partial charge >= 0.3 is 0 Å². The molecule has 0 aromatic heterocycles. The lowest BCUT2D eigenvalue weighted by atomic mass is 10.1. The lowest BCUT2D eigenvalue weighted by Gasteiger charge is -2.27. The molecule has 166 valence electrons. The zero-order valence-corrected chi connectivity index (χ0v) is 18.1. The number of rotatable bonds is 6. The molecule has 0 aliphatic carbocycles. The van der Waals surface area contributed by atoms with Crippen molar-refractivity contribution in [3.05, 3.63) is 126 Å². The van der Waals surface area contributed by atoms with E-state index in [1.165, 1.54) is 4.90 Å². The minimum absolute atomic E-state index is 0.209. The molecule has 4 aromatic carbocycles. The Morgan fingerprint density at radius 3 is 1.74 bits per heavy atom. The van der Waals surface area contributed by atoms with Crippen molar-refractivity contribution in [2.75, 3.05) is 11.6 Å². The van der Waals surface area contributed by atoms with Crippen LogP contribution in [0, 0.1) is 0 Å². The van der Waals surface area contributed by atoms with E-state index in [0.717, 1.165) is 4.90 Å². The van der Waals surface area contributed by atoms with E-state index in [9.17, 15) is 14.4 Å². The number of amides is 3. The van der Waals surface area contributed by atoms with Gasteiger partial charge in [0.2, 0.25) is 0 Å². The number of fused-ring (bicyclic) bond motifs is 1. The molecule has 6 nitrogen and oxygen atoms in total. The van der Waals surface area contributed by atoms with Crippen LogP contribution in [0.2, 0.25) is 0 Å². The van der Waals surface area contributed by atoms with Gasteiger partial charge in [0.05, 0.1) is 11.1 Å². The molecule has 34 heavy (non-hydrogen) atoms. The van der Waals surface area contributed by atoms with Crippen LogP contribution in [0.3, 0.4) is 0 Å². The first-order valence-corrected chi connectivity index (χ1v) is 10.8. The Bertz CT molecular complexity index is 1320. The number of benzene rings is 4. The van der Waals surface area contributed by atoms with Crippen LogP contribution in [0.1, 0.15) is 31.1 Å². The van der Waals surface area contributed by atoms with E-state index in [-0.39, 0.29) is 12.6 Å². The van der Waals surface area contributed by atoms with Crippen molar-refractivity contribution in [3.63, 3.8) is 0 Å². The van der Waals surface area contributed by atoms with E-state index in [4.69, 9.17) is 4.74 Å². The van der Waals surface area contributed by atoms with Crippen LogP contribution in [0.4, 0.5) is 5.69 Å². The number of para-hydroxylation sites is 1. The number of carbonyl (C=O) groups excluding carboxylic acids is 3. The molecule has 4 aromatic rings. The van der Waals surface area contributed by atoms with Gasteiger partial charge in [-0.25, -0.2) is 0 Å². The molecule has 0 radical (unpaired) electrons. The summed E-state index contributed by atoms with van der Waals surface area (Å²) >= 11 is 0. The largest absolute Gasteiger partial charge is 0.457 e. The molecule has 1 aliphatic rings. The van der Waals surface area contributed by atoms with Crippen LogP contribution in [0.25, 0.3) is 0 Å². The second-order valence-electron chi connectivity index (χ2n) is 7.73. The number of anilines is 1. The van der Waals surface area contributed by atoms with Gasteiger partial charge in [0, 0.05) is 11.3 Å². The summed E-state index contributed by atoms with van der Waals surface area (Å²) in [6.07, 6.45) is 0. The maximum absolute atomic E-state index is 13.4. The molecule has 1 heterocycles. The summed E-state index contributed by atoms with van der Waals surface area (Å²) < 4.78 is 5.85. The smallest absolute Gasteiger partial charge is 0.263 e. The van der Waals surface area contributed by atoms with Crippen molar-refractivity contribution < 1.29 is 19.1 Å². The Balaban J connectivity index is 1.45. The van der Waals surface area contributed by atoms with Crippen molar-refractivity contribution in [1.29, 1.82) is 0 Å². The van der Waals surface area contributed by atoms with Gasteiger partial charge < -0.3 is 4.74 Å². The molecule has 0 fully saturated rings. The van der Waals surface area contributed by atoms with Crippen LogP contribution in [-0.4, -0.2) is 29.3 Å². The predicted octanol–water partition coefficient (Wildman–Crippen LogP) is 5.38. The van der Waals surface area contributed by atoms with E-state index < -0.39 is 11.8 Å². The summed E-state index contributed by atoms with van der Waals surface area (Å²) in [5, 5.41) is 0. The van der Waals surface area contributed by atoms with Crippen LogP contribution < -0.4 is 9.64 Å². The van der Waals surface area contributed by atoms with Gasteiger partial charge in [0.1, 0.15) is 18.2 Å². The lowest BCUT2D eigenvalue weighted by Crippen LogP contribution is -2.44. The average Bonchev–Trinajstić information content (AvgIpc) is 3.13. The van der Waals surface area contributed by atoms with E-state index in [0.29, 0.717) is 33.9 Å². The van der Waals surface area contributed by atoms with Crippen molar-refractivity contribution in [3.8, 4) is 11.5 Å². The first-order chi connectivity index (χ1) is 16.6. The summed E-state index contributed by atoms with van der Waals surface area (Å²) in [7, 11) is 0. The Hall–Kier alpha value is -4.71. The third-order valence-electron chi connectivity index (χ3n) is 5.55. The van der Waals surface area contributed by atoms with Crippen LogP contribution in [-0.2, 0) is 0 Å². The summed E-state index contributed by atoms with van der Waals surface area (Å²) in [4.78, 5) is 41.8. The first-order valence-electron chi connectivity index (χ1n) is 10.8. The Morgan fingerprint density at radius 1 is 0.647 bits per heavy atom. The van der Waals surface area contributed by atoms with Gasteiger partial charge in [0.15, 0.2) is 0 Å². The van der Waals surface area contributed by atoms with Gasteiger partial charge in [-0.2, -0.15) is 0 Å². The number of ether oxygens (including phenoxy) is 1. The van der Waals surface area contributed by atoms with Crippen molar-refractivity contribution in [2.45, 2.75) is 0 Å². The molecule has 0 saturated heterocycles. The average molecular weight is 448 g/mol. The second kappa shape index (κ2) is 9.03. The molecule has 0 bridgehead atoms. The summed E-state index contributed by atoms with van der Waals surface area (Å²) in [5.74, 6) is 0.126. The monoisotopic (exact) mass is 448 g/mol. The zero-order chi connectivity index (χ0) is 23.5. The molecule has 5 rings (SSSR count). The highest BCUT2D eigenvalue weighted by atomic mass is 16.5. The van der Waals surface area contributed by atoms with Gasteiger partial charge in [-0.1, -0.05) is 48.5 Å². The maximum atomic E-state index is 13.4. The van der Waals surface area contributed by atoms with Crippen LogP contribution in [0.5, 0.6) is 11.5 Å². The third-order valence-corrected chi connectivity index (χ3v) is 5.55. The SMILES string of the molecule is O=C1c2ccccc2C(=O)N1CN(C(=O)c1ccccc1)c1ccc(Oc2ccccc2)cc1. The normalized spacial score (nSPS) is 12.4. The molecule has 6 heteroatoms. The quantitative estimate of drug-likeness (QED) is 0.372. The Labute approximate surface area is 196 Å². The third kappa shape index (κ3) is 4.04. The fraction of sp³-hybridized carbons (Fsp3) is 0.0357. The highest BCUT2D eigenvalue weighted by molar-refractivity contribution is 6.22. The fourth-order valence-corrected chi connectivity index (χ4v) is 3.83. The highest BCUT2D eigenvalue weighted by Crippen LogP contribution is 2.28. The first kappa shape index (κ1) is 21.2. The van der Waals surface area contributed by atoms with Gasteiger partial charge in [-0.3, -0.25) is 24.2 Å². The van der Waals surface area contributed by atoms with Crippen LogP contribution in [0.15, 0.2) is 109 Å². The highest BCUT2D eigenvalue weighted by Gasteiger charge is 2.37. The molecular weight excluding hydrogens is 428 g/mol. The number of nitrogens with zero attached hydrogens (tertiary/aromatic N) is 2. The Kier molecular flexibility index (Phi) is 5.62. The zero-order valence-electron chi connectivity index (χ0n) is 18.1. The number of hydrogen-bond acceptors (Lipinski definition) is 4. The standard InChI is InChI=1S/C28H20N2O4/c31-26(20-9-3-1-4-10-20)29(19-30-27(32)24-13-7-8-14-25(24)28(30)33)21-15-17-23(18-16-21)34-22-11-5-2-6-12-22/h1-18H,19H2. The fourth-order valence-electron chi connectivity index (χ4n) is 3.83. The molecule has 0 atom stereocenters. The maximum Gasteiger partial charge on any atom is 0.263 e. The van der Waals surface area contributed by atoms with Crippen molar-refractivity contribution in [2.24, 2.45) is 0 Å². The molecule has 1 aliphatic heterocycles.